The van der Waals surface area contributed by atoms with Crippen LogP contribution in [-0.2, 0) is 0 Å². The van der Waals surface area contributed by atoms with Gasteiger partial charge in [-0.05, 0) is 18.6 Å². The number of primary amides is 1. The molecule has 0 saturated carbocycles. The summed E-state index contributed by atoms with van der Waals surface area (Å²) in [6.45, 7) is 2.39. The molecule has 1 unspecified atom stereocenters. The van der Waals surface area contributed by atoms with Crippen molar-refractivity contribution in [2.45, 2.75) is 25.8 Å². The number of nitrogens with two attached hydrogens (primary N) is 2. The third kappa shape index (κ3) is 3.92. The molecule has 0 aliphatic heterocycles. The molecule has 0 spiro atoms. The number of hydrogen-bond acceptors (Lipinski definition) is 5. The van der Waals surface area contributed by atoms with E-state index in [2.05, 4.69) is 5.32 Å². The van der Waals surface area contributed by atoms with Crippen molar-refractivity contribution in [3.63, 3.8) is 0 Å². The molecule has 104 valence electrons. The van der Waals surface area contributed by atoms with E-state index in [0.29, 0.717) is 12.2 Å². The molecule has 5 N–H and O–H groups in total. The number of benzene rings is 1. The van der Waals surface area contributed by atoms with Crippen LogP contribution in [0.15, 0.2) is 18.2 Å². The maximum Gasteiger partial charge on any atom is 0.293 e. The zero-order chi connectivity index (χ0) is 14.4. The lowest BCUT2D eigenvalue weighted by molar-refractivity contribution is -0.384. The summed E-state index contributed by atoms with van der Waals surface area (Å²) >= 11 is 0. The lowest BCUT2D eigenvalue weighted by Crippen LogP contribution is -2.29. The molecule has 0 aliphatic rings. The number of anilines is 1. The van der Waals surface area contributed by atoms with Gasteiger partial charge >= 0.3 is 0 Å². The minimum absolute atomic E-state index is 0.0388. The molecule has 0 bridgehead atoms. The van der Waals surface area contributed by atoms with Gasteiger partial charge in [0, 0.05) is 24.2 Å². The molecule has 7 nitrogen and oxygen atoms in total. The maximum absolute atomic E-state index is 11.0. The third-order valence-electron chi connectivity index (χ3n) is 2.76. The molecular weight excluding hydrogens is 248 g/mol. The van der Waals surface area contributed by atoms with E-state index in [1.54, 1.807) is 0 Å². The van der Waals surface area contributed by atoms with Gasteiger partial charge in [0.25, 0.3) is 5.69 Å². The Morgan fingerprint density at radius 1 is 1.53 bits per heavy atom. The summed E-state index contributed by atoms with van der Waals surface area (Å²) in [7, 11) is 0. The molecule has 1 aromatic carbocycles. The molecule has 0 fully saturated rings. The zero-order valence-corrected chi connectivity index (χ0v) is 10.8. The summed E-state index contributed by atoms with van der Waals surface area (Å²) in [5.41, 5.74) is 11.0. The lowest BCUT2D eigenvalue weighted by Gasteiger charge is -2.17. The smallest absolute Gasteiger partial charge is 0.293 e. The van der Waals surface area contributed by atoms with E-state index in [1.165, 1.54) is 18.2 Å². The first-order valence-electron chi connectivity index (χ1n) is 6.04. The lowest BCUT2D eigenvalue weighted by atomic mass is 10.1. The number of amides is 1. The number of carbonyl (C=O) groups excluding carboxylic acids is 1. The van der Waals surface area contributed by atoms with Crippen molar-refractivity contribution >= 4 is 17.3 Å². The van der Waals surface area contributed by atoms with E-state index in [0.717, 1.165) is 12.8 Å². The van der Waals surface area contributed by atoms with Crippen LogP contribution in [0.1, 0.15) is 30.1 Å². The van der Waals surface area contributed by atoms with Crippen molar-refractivity contribution in [1.82, 2.24) is 0 Å². The van der Waals surface area contributed by atoms with Crippen molar-refractivity contribution in [1.29, 1.82) is 0 Å². The minimum atomic E-state index is -0.696. The number of nitrogens with one attached hydrogen (secondary N) is 1. The second kappa shape index (κ2) is 6.69. The van der Waals surface area contributed by atoms with Crippen LogP contribution in [0, 0.1) is 10.1 Å². The highest BCUT2D eigenvalue weighted by atomic mass is 16.6. The molecule has 1 rings (SSSR count). The fourth-order valence-corrected chi connectivity index (χ4v) is 1.78. The molecule has 0 aliphatic carbocycles. The highest BCUT2D eigenvalue weighted by molar-refractivity contribution is 5.94. The second-order valence-electron chi connectivity index (χ2n) is 4.22. The molecule has 0 radical (unpaired) electrons. The van der Waals surface area contributed by atoms with Crippen LogP contribution in [0.2, 0.25) is 0 Å². The molecule has 0 saturated heterocycles. The summed E-state index contributed by atoms with van der Waals surface area (Å²) in [5.74, 6) is -0.696. The number of carbonyl (C=O) groups is 1. The van der Waals surface area contributed by atoms with Crippen molar-refractivity contribution < 1.29 is 9.72 Å². The second-order valence-corrected chi connectivity index (χ2v) is 4.22. The third-order valence-corrected chi connectivity index (χ3v) is 2.76. The monoisotopic (exact) mass is 266 g/mol. The van der Waals surface area contributed by atoms with Gasteiger partial charge in [-0.1, -0.05) is 13.3 Å². The predicted octanol–water partition coefficient (Wildman–Crippen LogP) is 1.23. The van der Waals surface area contributed by atoms with Crippen LogP contribution in [0.4, 0.5) is 11.4 Å². The number of rotatable bonds is 7. The Kier molecular flexibility index (Phi) is 5.25. The highest BCUT2D eigenvalue weighted by Gasteiger charge is 2.18. The molecular formula is C12H18N4O3. The number of hydrogen-bond donors (Lipinski definition) is 3. The van der Waals surface area contributed by atoms with Gasteiger partial charge in [-0.25, -0.2) is 0 Å². The Labute approximate surface area is 111 Å². The molecule has 1 amide bonds. The van der Waals surface area contributed by atoms with Gasteiger partial charge in [0.05, 0.1) is 4.92 Å². The van der Waals surface area contributed by atoms with Crippen LogP contribution in [-0.4, -0.2) is 23.4 Å². The average molecular weight is 266 g/mol. The van der Waals surface area contributed by atoms with Crippen molar-refractivity contribution in [3.8, 4) is 0 Å². The fraction of sp³-hybridized carbons (Fsp3) is 0.417. The molecule has 1 aromatic rings. The summed E-state index contributed by atoms with van der Waals surface area (Å²) in [4.78, 5) is 21.5. The van der Waals surface area contributed by atoms with Gasteiger partial charge in [-0.15, -0.1) is 0 Å². The Morgan fingerprint density at radius 2 is 2.21 bits per heavy atom. The molecule has 0 heterocycles. The molecule has 1 atom stereocenters. The van der Waals surface area contributed by atoms with Gasteiger partial charge in [0.15, 0.2) is 0 Å². The minimum Gasteiger partial charge on any atom is -0.375 e. The molecule has 19 heavy (non-hydrogen) atoms. The number of nitro groups is 1. The summed E-state index contributed by atoms with van der Waals surface area (Å²) in [5, 5.41) is 14.0. The topological polar surface area (TPSA) is 124 Å². The van der Waals surface area contributed by atoms with Gasteiger partial charge in [-0.3, -0.25) is 14.9 Å². The van der Waals surface area contributed by atoms with Crippen molar-refractivity contribution in [2.75, 3.05) is 11.9 Å². The molecule has 0 aromatic heterocycles. The summed E-state index contributed by atoms with van der Waals surface area (Å²) in [6, 6.07) is 4.07. The van der Waals surface area contributed by atoms with Gasteiger partial charge in [0.1, 0.15) is 5.69 Å². The Morgan fingerprint density at radius 3 is 2.68 bits per heavy atom. The van der Waals surface area contributed by atoms with Crippen molar-refractivity contribution in [3.05, 3.63) is 33.9 Å². The Balaban J connectivity index is 3.06. The highest BCUT2D eigenvalue weighted by Crippen LogP contribution is 2.26. The zero-order valence-electron chi connectivity index (χ0n) is 10.8. The average Bonchev–Trinajstić information content (AvgIpc) is 2.37. The number of nitrogens with zero attached hydrogens (tertiary/aromatic N) is 1. The van der Waals surface area contributed by atoms with E-state index in [-0.39, 0.29) is 17.3 Å². The van der Waals surface area contributed by atoms with Gasteiger partial charge in [0.2, 0.25) is 5.91 Å². The van der Waals surface area contributed by atoms with Gasteiger partial charge < -0.3 is 16.8 Å². The Bertz CT molecular complexity index is 476. The summed E-state index contributed by atoms with van der Waals surface area (Å²) in [6.07, 6.45) is 1.73. The van der Waals surface area contributed by atoms with E-state index < -0.39 is 10.8 Å². The van der Waals surface area contributed by atoms with E-state index in [1.807, 2.05) is 6.92 Å². The van der Waals surface area contributed by atoms with E-state index in [4.69, 9.17) is 11.5 Å². The predicted molar refractivity (Wildman–Crippen MR) is 73.0 cm³/mol. The molecule has 7 heteroatoms. The van der Waals surface area contributed by atoms with E-state index in [9.17, 15) is 14.9 Å². The van der Waals surface area contributed by atoms with Crippen LogP contribution in [0.25, 0.3) is 0 Å². The first-order chi connectivity index (χ1) is 8.99. The first kappa shape index (κ1) is 14.9. The quantitative estimate of drug-likeness (QED) is 0.505. The van der Waals surface area contributed by atoms with E-state index >= 15 is 0 Å². The van der Waals surface area contributed by atoms with Crippen LogP contribution >= 0.6 is 0 Å². The standard InChI is InChI=1S/C12H18N4O3/c1-2-3-9(7-13)15-10-5-4-8(12(14)17)6-11(10)16(18)19/h4-6,9,15H,2-3,7,13H2,1H3,(H2,14,17). The Hall–Kier alpha value is -2.15. The van der Waals surface area contributed by atoms with Crippen LogP contribution < -0.4 is 16.8 Å². The first-order valence-corrected chi connectivity index (χ1v) is 6.04. The largest absolute Gasteiger partial charge is 0.375 e. The normalized spacial score (nSPS) is 11.9. The SMILES string of the molecule is CCCC(CN)Nc1ccc(C(N)=O)cc1[N+](=O)[O-]. The van der Waals surface area contributed by atoms with Gasteiger partial charge in [-0.2, -0.15) is 0 Å². The summed E-state index contributed by atoms with van der Waals surface area (Å²) < 4.78 is 0. The fourth-order valence-electron chi connectivity index (χ4n) is 1.78. The van der Waals surface area contributed by atoms with Crippen LogP contribution in [0.3, 0.4) is 0 Å². The van der Waals surface area contributed by atoms with Crippen LogP contribution in [0.5, 0.6) is 0 Å². The maximum atomic E-state index is 11.0. The van der Waals surface area contributed by atoms with Crippen molar-refractivity contribution in [2.24, 2.45) is 11.5 Å². The number of nitro benzene ring substituents is 1.